The number of hydrogen-bond donors (Lipinski definition) is 0. The number of fused-ring (bicyclic) bond motifs is 1. The molecule has 0 amide bonds. The summed E-state index contributed by atoms with van der Waals surface area (Å²) in [4.78, 5) is 28.2. The highest BCUT2D eigenvalue weighted by Crippen LogP contribution is 2.26. The zero-order valence-electron chi connectivity index (χ0n) is 10.9. The summed E-state index contributed by atoms with van der Waals surface area (Å²) in [7, 11) is 1.67. The van der Waals surface area contributed by atoms with E-state index < -0.39 is 5.97 Å². The number of nitrogens with zero attached hydrogens (tertiary/aromatic N) is 2. The normalized spacial score (nSPS) is 13.8. The zero-order chi connectivity index (χ0) is 14.3. The van der Waals surface area contributed by atoms with Gasteiger partial charge in [-0.2, -0.15) is 0 Å². The quantitative estimate of drug-likeness (QED) is 0.581. The maximum atomic E-state index is 12.4. The van der Waals surface area contributed by atoms with Crippen molar-refractivity contribution in [3.63, 3.8) is 0 Å². The van der Waals surface area contributed by atoms with Crippen LogP contribution >= 0.6 is 0 Å². The standard InChI is InChI=1S/C15H12N2O3/c1-9-10-7-13(12-5-3-4-6-16-12)17(2)14(18)11(10)8-20-15(9)19/h3-7H,1,8H2,2H3. The third-order valence-corrected chi connectivity index (χ3v) is 3.38. The average molecular weight is 268 g/mol. The van der Waals surface area contributed by atoms with E-state index in [0.29, 0.717) is 22.5 Å². The van der Waals surface area contributed by atoms with Crippen LogP contribution in [0.15, 0.2) is 41.8 Å². The third-order valence-electron chi connectivity index (χ3n) is 3.38. The minimum absolute atomic E-state index is 0.0115. The molecular formula is C15H12N2O3. The van der Waals surface area contributed by atoms with E-state index in [4.69, 9.17) is 4.74 Å². The van der Waals surface area contributed by atoms with Gasteiger partial charge in [0.25, 0.3) is 5.56 Å². The van der Waals surface area contributed by atoms with Crippen LogP contribution in [0.5, 0.6) is 0 Å². The molecule has 0 bridgehead atoms. The fourth-order valence-electron chi connectivity index (χ4n) is 2.25. The van der Waals surface area contributed by atoms with E-state index in [2.05, 4.69) is 11.6 Å². The van der Waals surface area contributed by atoms with Crippen molar-refractivity contribution in [3.8, 4) is 11.4 Å². The molecule has 0 aromatic carbocycles. The number of carbonyl (C=O) groups is 1. The minimum atomic E-state index is -0.488. The molecule has 0 spiro atoms. The highest BCUT2D eigenvalue weighted by molar-refractivity contribution is 6.17. The van der Waals surface area contributed by atoms with E-state index in [0.717, 1.165) is 0 Å². The molecule has 0 radical (unpaired) electrons. The van der Waals surface area contributed by atoms with Gasteiger partial charge >= 0.3 is 5.97 Å². The van der Waals surface area contributed by atoms with Crippen molar-refractivity contribution in [1.82, 2.24) is 9.55 Å². The van der Waals surface area contributed by atoms with Gasteiger partial charge in [-0.05, 0) is 18.2 Å². The molecule has 2 aromatic rings. The smallest absolute Gasteiger partial charge is 0.338 e. The molecule has 0 unspecified atom stereocenters. The lowest BCUT2D eigenvalue weighted by atomic mass is 9.99. The SMILES string of the molecule is C=C1C(=O)OCc2c1cc(-c1ccccn1)n(C)c2=O. The van der Waals surface area contributed by atoms with Crippen LogP contribution in [-0.2, 0) is 23.2 Å². The number of carbonyl (C=O) groups excluding carboxylic acids is 1. The maximum Gasteiger partial charge on any atom is 0.338 e. The second-order valence-electron chi connectivity index (χ2n) is 4.56. The van der Waals surface area contributed by atoms with Gasteiger partial charge in [-0.15, -0.1) is 0 Å². The molecule has 3 rings (SSSR count). The van der Waals surface area contributed by atoms with Crippen LogP contribution in [0.3, 0.4) is 0 Å². The largest absolute Gasteiger partial charge is 0.457 e. The number of rotatable bonds is 1. The van der Waals surface area contributed by atoms with Crippen molar-refractivity contribution in [2.75, 3.05) is 0 Å². The summed E-state index contributed by atoms with van der Waals surface area (Å²) in [6, 6.07) is 7.22. The Labute approximate surface area is 115 Å². The number of pyridine rings is 2. The first-order chi connectivity index (χ1) is 9.59. The van der Waals surface area contributed by atoms with Crippen LogP contribution < -0.4 is 5.56 Å². The van der Waals surface area contributed by atoms with Crippen LogP contribution in [0.1, 0.15) is 11.1 Å². The minimum Gasteiger partial charge on any atom is -0.457 e. The van der Waals surface area contributed by atoms with E-state index in [1.165, 1.54) is 4.57 Å². The predicted octanol–water partition coefficient (Wildman–Crippen LogP) is 1.52. The molecule has 0 N–H and O–H groups in total. The fourth-order valence-corrected chi connectivity index (χ4v) is 2.25. The molecule has 5 nitrogen and oxygen atoms in total. The van der Waals surface area contributed by atoms with Gasteiger partial charge in [-0.25, -0.2) is 4.79 Å². The summed E-state index contributed by atoms with van der Waals surface area (Å²) >= 11 is 0. The second kappa shape index (κ2) is 4.45. The summed E-state index contributed by atoms with van der Waals surface area (Å²) in [6.45, 7) is 3.69. The summed E-state index contributed by atoms with van der Waals surface area (Å²) in [5, 5.41) is 0. The van der Waals surface area contributed by atoms with Gasteiger partial charge in [0.05, 0.1) is 22.5 Å². The summed E-state index contributed by atoms with van der Waals surface area (Å²) in [6.07, 6.45) is 1.66. The van der Waals surface area contributed by atoms with Gasteiger partial charge in [0.1, 0.15) is 6.61 Å². The summed E-state index contributed by atoms with van der Waals surface area (Å²) in [5.41, 5.74) is 2.33. The first kappa shape index (κ1) is 12.3. The molecule has 100 valence electrons. The van der Waals surface area contributed by atoms with Crippen molar-refractivity contribution in [1.29, 1.82) is 0 Å². The van der Waals surface area contributed by atoms with Gasteiger partial charge in [0.15, 0.2) is 0 Å². The molecule has 0 saturated heterocycles. The number of hydrogen-bond acceptors (Lipinski definition) is 4. The van der Waals surface area contributed by atoms with Crippen LogP contribution in [0.25, 0.3) is 17.0 Å². The van der Waals surface area contributed by atoms with Gasteiger partial charge in [-0.3, -0.25) is 9.78 Å². The second-order valence-corrected chi connectivity index (χ2v) is 4.56. The van der Waals surface area contributed by atoms with E-state index >= 15 is 0 Å². The van der Waals surface area contributed by atoms with E-state index in [1.807, 2.05) is 12.1 Å². The molecule has 0 atom stereocenters. The monoisotopic (exact) mass is 268 g/mol. The van der Waals surface area contributed by atoms with Crippen molar-refractivity contribution in [2.24, 2.45) is 7.05 Å². The lowest BCUT2D eigenvalue weighted by Gasteiger charge is -2.20. The molecule has 5 heteroatoms. The Morgan fingerprint density at radius 1 is 1.35 bits per heavy atom. The van der Waals surface area contributed by atoms with Crippen molar-refractivity contribution in [2.45, 2.75) is 6.61 Å². The van der Waals surface area contributed by atoms with Gasteiger partial charge in [0, 0.05) is 18.8 Å². The molecular weight excluding hydrogens is 256 g/mol. The number of aromatic nitrogens is 2. The number of ether oxygens (including phenoxy) is 1. The predicted molar refractivity (Wildman–Crippen MR) is 73.7 cm³/mol. The molecule has 1 aliphatic heterocycles. The number of esters is 1. The Kier molecular flexibility index (Phi) is 2.75. The summed E-state index contributed by atoms with van der Waals surface area (Å²) in [5.74, 6) is -0.488. The molecule has 0 fully saturated rings. The van der Waals surface area contributed by atoms with Gasteiger partial charge in [-0.1, -0.05) is 12.6 Å². The van der Waals surface area contributed by atoms with Gasteiger partial charge < -0.3 is 9.30 Å². The summed E-state index contributed by atoms with van der Waals surface area (Å²) < 4.78 is 6.44. The van der Waals surface area contributed by atoms with Crippen LogP contribution in [0, 0.1) is 0 Å². The molecule has 1 aliphatic rings. The fraction of sp³-hybridized carbons (Fsp3) is 0.133. The first-order valence-corrected chi connectivity index (χ1v) is 6.10. The molecule has 2 aromatic heterocycles. The maximum absolute atomic E-state index is 12.4. The Hall–Kier alpha value is -2.69. The third kappa shape index (κ3) is 1.75. The van der Waals surface area contributed by atoms with E-state index in [-0.39, 0.29) is 17.7 Å². The lowest BCUT2D eigenvalue weighted by Crippen LogP contribution is -2.29. The Bertz CT molecular complexity index is 776. The molecule has 0 saturated carbocycles. The van der Waals surface area contributed by atoms with Crippen LogP contribution in [0.4, 0.5) is 0 Å². The van der Waals surface area contributed by atoms with Gasteiger partial charge in [0.2, 0.25) is 0 Å². The molecule has 0 aliphatic carbocycles. The Balaban J connectivity index is 2.29. The topological polar surface area (TPSA) is 61.2 Å². The first-order valence-electron chi connectivity index (χ1n) is 6.10. The Morgan fingerprint density at radius 2 is 2.15 bits per heavy atom. The highest BCUT2D eigenvalue weighted by Gasteiger charge is 2.25. The molecule has 3 heterocycles. The number of cyclic esters (lactones) is 1. The molecule has 20 heavy (non-hydrogen) atoms. The lowest BCUT2D eigenvalue weighted by molar-refractivity contribution is -0.138. The van der Waals surface area contributed by atoms with Crippen molar-refractivity contribution < 1.29 is 9.53 Å². The van der Waals surface area contributed by atoms with Crippen molar-refractivity contribution >= 4 is 11.5 Å². The van der Waals surface area contributed by atoms with Crippen LogP contribution in [0.2, 0.25) is 0 Å². The highest BCUT2D eigenvalue weighted by atomic mass is 16.5. The van der Waals surface area contributed by atoms with E-state index in [1.54, 1.807) is 25.4 Å². The zero-order valence-corrected chi connectivity index (χ0v) is 10.9. The van der Waals surface area contributed by atoms with E-state index in [9.17, 15) is 9.59 Å². The Morgan fingerprint density at radius 3 is 2.85 bits per heavy atom. The average Bonchev–Trinajstić information content (AvgIpc) is 2.47. The van der Waals surface area contributed by atoms with Crippen LogP contribution in [-0.4, -0.2) is 15.5 Å². The van der Waals surface area contributed by atoms with Crippen molar-refractivity contribution in [3.05, 3.63) is 58.5 Å².